The lowest BCUT2D eigenvalue weighted by Crippen LogP contribution is -2.19. The van der Waals surface area contributed by atoms with Crippen LogP contribution in [-0.2, 0) is 6.54 Å². The van der Waals surface area contributed by atoms with Gasteiger partial charge in [0.05, 0.1) is 6.54 Å². The van der Waals surface area contributed by atoms with Crippen LogP contribution >= 0.6 is 23.8 Å². The van der Waals surface area contributed by atoms with Crippen LogP contribution in [0.4, 0.5) is 11.4 Å². The lowest BCUT2D eigenvalue weighted by Gasteiger charge is -2.12. The van der Waals surface area contributed by atoms with Gasteiger partial charge in [0.1, 0.15) is 0 Å². The van der Waals surface area contributed by atoms with Crippen molar-refractivity contribution >= 4 is 40.3 Å². The zero-order valence-corrected chi connectivity index (χ0v) is 13.8. The van der Waals surface area contributed by atoms with Crippen LogP contribution in [0.25, 0.3) is 0 Å². The summed E-state index contributed by atoms with van der Waals surface area (Å²) < 4.78 is 1.88. The van der Waals surface area contributed by atoms with Gasteiger partial charge in [0.2, 0.25) is 0 Å². The van der Waals surface area contributed by atoms with Crippen molar-refractivity contribution in [1.82, 2.24) is 9.78 Å². The highest BCUT2D eigenvalue weighted by Crippen LogP contribution is 2.15. The first-order valence-electron chi connectivity index (χ1n) is 7.09. The zero-order chi connectivity index (χ0) is 16.1. The predicted molar refractivity (Wildman–Crippen MR) is 99.1 cm³/mol. The number of aromatic nitrogens is 2. The van der Waals surface area contributed by atoms with E-state index in [4.69, 9.17) is 23.8 Å². The summed E-state index contributed by atoms with van der Waals surface area (Å²) in [5.41, 5.74) is 2.97. The molecule has 0 amide bonds. The van der Waals surface area contributed by atoms with E-state index in [2.05, 4.69) is 27.9 Å². The van der Waals surface area contributed by atoms with Crippen LogP contribution in [0.3, 0.4) is 0 Å². The lowest BCUT2D eigenvalue weighted by molar-refractivity contribution is 0.687. The monoisotopic (exact) mass is 342 g/mol. The maximum Gasteiger partial charge on any atom is 0.175 e. The van der Waals surface area contributed by atoms with E-state index in [0.29, 0.717) is 10.1 Å². The van der Waals surface area contributed by atoms with Crippen LogP contribution in [0.15, 0.2) is 67.0 Å². The minimum atomic E-state index is 0.531. The van der Waals surface area contributed by atoms with Crippen molar-refractivity contribution in [1.29, 1.82) is 0 Å². The van der Waals surface area contributed by atoms with Crippen molar-refractivity contribution in [2.45, 2.75) is 6.54 Å². The molecule has 0 saturated heterocycles. The third-order valence-electron chi connectivity index (χ3n) is 3.19. The zero-order valence-electron chi connectivity index (χ0n) is 12.2. The van der Waals surface area contributed by atoms with Crippen LogP contribution in [0.2, 0.25) is 5.02 Å². The summed E-state index contributed by atoms with van der Waals surface area (Å²) in [5, 5.41) is 11.7. The second kappa shape index (κ2) is 7.26. The van der Waals surface area contributed by atoms with Gasteiger partial charge < -0.3 is 10.6 Å². The fourth-order valence-electron chi connectivity index (χ4n) is 2.16. The number of thiocarbonyl (C=S) groups is 1. The number of rotatable bonds is 4. The summed E-state index contributed by atoms with van der Waals surface area (Å²) >= 11 is 11.2. The van der Waals surface area contributed by atoms with Gasteiger partial charge in [-0.2, -0.15) is 5.10 Å². The van der Waals surface area contributed by atoms with E-state index in [1.54, 1.807) is 6.20 Å². The van der Waals surface area contributed by atoms with Crippen LogP contribution < -0.4 is 10.6 Å². The molecule has 0 aliphatic rings. The van der Waals surface area contributed by atoms with Gasteiger partial charge in [-0.1, -0.05) is 23.7 Å². The van der Waals surface area contributed by atoms with Crippen molar-refractivity contribution in [3.05, 3.63) is 77.6 Å². The molecule has 1 aromatic heterocycles. The Morgan fingerprint density at radius 2 is 1.83 bits per heavy atom. The highest BCUT2D eigenvalue weighted by Gasteiger charge is 2.01. The largest absolute Gasteiger partial charge is 0.332 e. The standard InChI is InChI=1S/C17H15ClN4S/c18-14-5-7-15(8-6-14)20-17(23)21-16-4-1-3-13(11-16)12-22-10-2-9-19-22/h1-11H,12H2,(H2,20,21,23). The van der Waals surface area contributed by atoms with E-state index in [0.717, 1.165) is 23.5 Å². The van der Waals surface area contributed by atoms with Gasteiger partial charge in [-0.05, 0) is 60.2 Å². The molecule has 116 valence electrons. The lowest BCUT2D eigenvalue weighted by atomic mass is 10.2. The third-order valence-corrected chi connectivity index (χ3v) is 3.65. The molecule has 0 fully saturated rings. The first-order valence-corrected chi connectivity index (χ1v) is 7.87. The van der Waals surface area contributed by atoms with Crippen molar-refractivity contribution in [3.63, 3.8) is 0 Å². The second-order valence-corrected chi connectivity index (χ2v) is 5.83. The van der Waals surface area contributed by atoms with E-state index >= 15 is 0 Å². The molecule has 0 spiro atoms. The van der Waals surface area contributed by atoms with Gasteiger partial charge in [0.15, 0.2) is 5.11 Å². The quantitative estimate of drug-likeness (QED) is 0.690. The number of benzene rings is 2. The summed E-state index contributed by atoms with van der Waals surface area (Å²) in [6, 6.07) is 17.4. The molecule has 0 unspecified atom stereocenters. The van der Waals surface area contributed by atoms with Gasteiger partial charge in [-0.3, -0.25) is 4.68 Å². The number of hydrogen-bond acceptors (Lipinski definition) is 2. The topological polar surface area (TPSA) is 41.9 Å². The Balaban J connectivity index is 1.63. The molecule has 3 aromatic rings. The molecule has 1 heterocycles. The number of nitrogens with zero attached hydrogens (tertiary/aromatic N) is 2. The predicted octanol–water partition coefficient (Wildman–Crippen LogP) is 4.39. The average molecular weight is 343 g/mol. The number of nitrogens with one attached hydrogen (secondary N) is 2. The Labute approximate surface area is 145 Å². The van der Waals surface area contributed by atoms with Gasteiger partial charge in [-0.15, -0.1) is 0 Å². The Hall–Kier alpha value is -2.37. The fourth-order valence-corrected chi connectivity index (χ4v) is 2.52. The first-order chi connectivity index (χ1) is 11.2. The molecule has 3 rings (SSSR count). The van der Waals surface area contributed by atoms with E-state index in [1.165, 1.54) is 0 Å². The molecule has 0 atom stereocenters. The minimum Gasteiger partial charge on any atom is -0.332 e. The highest BCUT2D eigenvalue weighted by molar-refractivity contribution is 7.80. The third kappa shape index (κ3) is 4.55. The summed E-state index contributed by atoms with van der Waals surface area (Å²) in [6.07, 6.45) is 3.71. The van der Waals surface area contributed by atoms with E-state index < -0.39 is 0 Å². The number of hydrogen-bond donors (Lipinski definition) is 2. The second-order valence-electron chi connectivity index (χ2n) is 4.99. The van der Waals surface area contributed by atoms with Crippen LogP contribution in [0, 0.1) is 0 Å². The number of halogens is 1. The van der Waals surface area contributed by atoms with Crippen LogP contribution in [0.5, 0.6) is 0 Å². The maximum absolute atomic E-state index is 5.87. The van der Waals surface area contributed by atoms with Crippen molar-refractivity contribution in [2.75, 3.05) is 10.6 Å². The molecule has 2 N–H and O–H groups in total. The van der Waals surface area contributed by atoms with E-state index in [9.17, 15) is 0 Å². The SMILES string of the molecule is S=C(Nc1ccc(Cl)cc1)Nc1cccc(Cn2cccn2)c1. The van der Waals surface area contributed by atoms with E-state index in [-0.39, 0.29) is 0 Å². The van der Waals surface area contributed by atoms with Gasteiger partial charge >= 0.3 is 0 Å². The molecule has 6 heteroatoms. The van der Waals surface area contributed by atoms with E-state index in [1.807, 2.05) is 53.3 Å². The fraction of sp³-hybridized carbons (Fsp3) is 0.0588. The molecule has 23 heavy (non-hydrogen) atoms. The summed E-state index contributed by atoms with van der Waals surface area (Å²) in [6.45, 7) is 0.722. The Morgan fingerprint density at radius 1 is 1.04 bits per heavy atom. The highest BCUT2D eigenvalue weighted by atomic mass is 35.5. The normalized spacial score (nSPS) is 10.3. The molecule has 0 aliphatic heterocycles. The molecular formula is C17H15ClN4S. The van der Waals surface area contributed by atoms with Crippen molar-refractivity contribution < 1.29 is 0 Å². The molecule has 0 aliphatic carbocycles. The Kier molecular flexibility index (Phi) is 4.90. The van der Waals surface area contributed by atoms with Gasteiger partial charge in [0.25, 0.3) is 0 Å². The number of anilines is 2. The Bertz CT molecular complexity index is 785. The minimum absolute atomic E-state index is 0.531. The van der Waals surface area contributed by atoms with Gasteiger partial charge in [-0.25, -0.2) is 0 Å². The molecule has 2 aromatic carbocycles. The van der Waals surface area contributed by atoms with Crippen molar-refractivity contribution in [2.24, 2.45) is 0 Å². The smallest absolute Gasteiger partial charge is 0.175 e. The summed E-state index contributed by atoms with van der Waals surface area (Å²) in [5.74, 6) is 0. The van der Waals surface area contributed by atoms with Gasteiger partial charge in [0, 0.05) is 28.8 Å². The van der Waals surface area contributed by atoms with Crippen LogP contribution in [0.1, 0.15) is 5.56 Å². The van der Waals surface area contributed by atoms with Crippen molar-refractivity contribution in [3.8, 4) is 0 Å². The molecule has 0 radical (unpaired) electrons. The summed E-state index contributed by atoms with van der Waals surface area (Å²) in [4.78, 5) is 0. The first kappa shape index (κ1) is 15.5. The van der Waals surface area contributed by atoms with Crippen LogP contribution in [-0.4, -0.2) is 14.9 Å². The molecule has 4 nitrogen and oxygen atoms in total. The maximum atomic E-state index is 5.87. The molecule has 0 bridgehead atoms. The molecule has 0 saturated carbocycles. The Morgan fingerprint density at radius 3 is 2.57 bits per heavy atom. The average Bonchev–Trinajstić information content (AvgIpc) is 3.03. The summed E-state index contributed by atoms with van der Waals surface area (Å²) in [7, 11) is 0. The molecular weight excluding hydrogens is 328 g/mol.